The number of hydrogen-bond donors (Lipinski definition) is 1. The Morgan fingerprint density at radius 2 is 2.57 bits per heavy atom. The Hall–Kier alpha value is -1.04. The molecule has 0 saturated carbocycles. The Morgan fingerprint density at radius 1 is 1.86 bits per heavy atom. The van der Waals surface area contributed by atoms with E-state index in [1.54, 1.807) is 6.21 Å². The van der Waals surface area contributed by atoms with Crippen molar-refractivity contribution in [1.29, 1.82) is 0 Å². The third kappa shape index (κ3) is 2.73. The zero-order chi connectivity index (χ0) is 10.6. The highest BCUT2D eigenvalue weighted by Gasteiger charge is 2.28. The minimum absolute atomic E-state index is 0.162. The molecule has 1 atom stereocenters. The summed E-state index contributed by atoms with van der Waals surface area (Å²) in [4.78, 5) is 19.3. The first-order valence-corrected chi connectivity index (χ1v) is 5.12. The summed E-state index contributed by atoms with van der Waals surface area (Å²) in [5.41, 5.74) is 0. The third-order valence-corrected chi connectivity index (χ3v) is 3.07. The molecular formula is C8H13N3O2S. The number of nitrogens with zero attached hydrogens (tertiary/aromatic N) is 2. The highest BCUT2D eigenvalue weighted by atomic mass is 32.2. The lowest BCUT2D eigenvalue weighted by Crippen LogP contribution is -2.17. The van der Waals surface area contributed by atoms with Crippen LogP contribution in [0.15, 0.2) is 10.1 Å². The number of carbonyl (C=O) groups is 1. The van der Waals surface area contributed by atoms with E-state index in [0.29, 0.717) is 5.04 Å². The fraction of sp³-hybridized carbons (Fsp3) is 0.625. The van der Waals surface area contributed by atoms with Crippen LogP contribution in [-0.4, -0.2) is 29.3 Å². The average Bonchev–Trinajstić information content (AvgIpc) is 2.58. The number of nitrogens with one attached hydrogen (secondary N) is 1. The van der Waals surface area contributed by atoms with Crippen molar-refractivity contribution >= 4 is 29.1 Å². The molecule has 1 N–H and O–H groups in total. The van der Waals surface area contributed by atoms with E-state index in [0.717, 1.165) is 6.42 Å². The van der Waals surface area contributed by atoms with Gasteiger partial charge in [0, 0.05) is 7.05 Å². The summed E-state index contributed by atoms with van der Waals surface area (Å²) < 4.78 is 0. The molecule has 0 aromatic heterocycles. The largest absolute Gasteiger partial charge is 0.433 e. The van der Waals surface area contributed by atoms with E-state index in [-0.39, 0.29) is 4.87 Å². The van der Waals surface area contributed by atoms with E-state index in [1.807, 2.05) is 13.8 Å². The quantitative estimate of drug-likeness (QED) is 0.562. The number of amides is 1. The molecule has 0 radical (unpaired) electrons. The number of carbonyl (C=O) groups excluding carboxylic acids is 1. The van der Waals surface area contributed by atoms with Gasteiger partial charge in [-0.25, -0.2) is 4.79 Å². The van der Waals surface area contributed by atoms with E-state index in [4.69, 9.17) is 0 Å². The maximum absolute atomic E-state index is 10.7. The highest BCUT2D eigenvalue weighted by molar-refractivity contribution is 8.17. The topological polar surface area (TPSA) is 63.1 Å². The fourth-order valence-corrected chi connectivity index (χ4v) is 1.69. The van der Waals surface area contributed by atoms with Gasteiger partial charge in [-0.2, -0.15) is 0 Å². The molecule has 1 heterocycles. The van der Waals surface area contributed by atoms with Crippen molar-refractivity contribution < 1.29 is 9.63 Å². The maximum Gasteiger partial charge on any atom is 0.433 e. The molecule has 1 aliphatic rings. The van der Waals surface area contributed by atoms with Crippen molar-refractivity contribution in [1.82, 2.24) is 5.32 Å². The molecule has 0 saturated heterocycles. The first kappa shape index (κ1) is 11.0. The molecule has 0 bridgehead atoms. The molecule has 1 aliphatic heterocycles. The lowest BCUT2D eigenvalue weighted by molar-refractivity contribution is 0.154. The van der Waals surface area contributed by atoms with E-state index >= 15 is 0 Å². The standard InChI is InChI=1S/C8H13N3O2S/c1-4-8(2)10-5-6(14-8)11-13-7(12)9-3/h5H,4H2,1-3H3,(H,9,12). The molecule has 0 aliphatic carbocycles. The van der Waals surface area contributed by atoms with Gasteiger partial charge in [-0.1, -0.05) is 23.8 Å². The van der Waals surface area contributed by atoms with Crippen molar-refractivity contribution in [3.05, 3.63) is 0 Å². The Kier molecular flexibility index (Phi) is 3.51. The molecule has 1 unspecified atom stereocenters. The molecule has 5 nitrogen and oxygen atoms in total. The Labute approximate surface area is 87.0 Å². The summed E-state index contributed by atoms with van der Waals surface area (Å²) in [6.45, 7) is 4.06. The van der Waals surface area contributed by atoms with E-state index in [1.165, 1.54) is 18.8 Å². The van der Waals surface area contributed by atoms with Crippen LogP contribution in [0, 0.1) is 0 Å². The normalized spacial score (nSPS) is 28.1. The van der Waals surface area contributed by atoms with Crippen LogP contribution in [0.25, 0.3) is 0 Å². The van der Waals surface area contributed by atoms with Crippen molar-refractivity contribution in [2.24, 2.45) is 10.1 Å². The second-order valence-electron chi connectivity index (χ2n) is 2.95. The number of hydrogen-bond acceptors (Lipinski definition) is 5. The first-order valence-electron chi connectivity index (χ1n) is 4.30. The summed E-state index contributed by atoms with van der Waals surface area (Å²) in [6, 6.07) is 0. The second kappa shape index (κ2) is 4.45. The van der Waals surface area contributed by atoms with Crippen LogP contribution in [0.2, 0.25) is 0 Å². The molecule has 14 heavy (non-hydrogen) atoms. The number of aliphatic imine (C=N–C) groups is 1. The molecule has 1 amide bonds. The Bertz CT molecular complexity index is 290. The van der Waals surface area contributed by atoms with Gasteiger partial charge in [0.1, 0.15) is 4.87 Å². The van der Waals surface area contributed by atoms with Crippen LogP contribution in [0.1, 0.15) is 20.3 Å². The number of thioether (sulfide) groups is 1. The predicted molar refractivity (Wildman–Crippen MR) is 57.8 cm³/mol. The van der Waals surface area contributed by atoms with Gasteiger partial charge in [-0.15, -0.1) is 0 Å². The summed E-state index contributed by atoms with van der Waals surface area (Å²) in [7, 11) is 1.48. The predicted octanol–water partition coefficient (Wildman–Crippen LogP) is 1.60. The number of rotatable bonds is 2. The monoisotopic (exact) mass is 215 g/mol. The van der Waals surface area contributed by atoms with Crippen LogP contribution < -0.4 is 5.32 Å². The molecule has 6 heteroatoms. The SMILES string of the molecule is CCC1(C)N=CC(=NOC(=O)NC)S1. The van der Waals surface area contributed by atoms with Crippen LogP contribution in [-0.2, 0) is 4.84 Å². The van der Waals surface area contributed by atoms with Gasteiger partial charge < -0.3 is 5.32 Å². The number of oxime groups is 1. The summed E-state index contributed by atoms with van der Waals surface area (Å²) in [5.74, 6) is 0. The van der Waals surface area contributed by atoms with Crippen LogP contribution in [0.3, 0.4) is 0 Å². The molecule has 78 valence electrons. The van der Waals surface area contributed by atoms with Gasteiger partial charge >= 0.3 is 6.09 Å². The van der Waals surface area contributed by atoms with Crippen LogP contribution in [0.5, 0.6) is 0 Å². The molecule has 0 spiro atoms. The van der Waals surface area contributed by atoms with Gasteiger partial charge in [0.2, 0.25) is 0 Å². The Morgan fingerprint density at radius 3 is 3.07 bits per heavy atom. The van der Waals surface area contributed by atoms with E-state index < -0.39 is 6.09 Å². The summed E-state index contributed by atoms with van der Waals surface area (Å²) in [6.07, 6.45) is 1.96. The molecule has 1 rings (SSSR count). The van der Waals surface area contributed by atoms with Gasteiger partial charge in [-0.3, -0.25) is 9.83 Å². The summed E-state index contributed by atoms with van der Waals surface area (Å²) in [5, 5.41) is 6.58. The molecule has 0 fully saturated rings. The van der Waals surface area contributed by atoms with Crippen molar-refractivity contribution in [2.45, 2.75) is 25.1 Å². The van der Waals surface area contributed by atoms with Crippen molar-refractivity contribution in [2.75, 3.05) is 7.05 Å². The molecular weight excluding hydrogens is 202 g/mol. The fourth-order valence-electron chi connectivity index (χ4n) is 0.807. The average molecular weight is 215 g/mol. The zero-order valence-corrected chi connectivity index (χ0v) is 9.22. The van der Waals surface area contributed by atoms with Crippen LogP contribution in [0.4, 0.5) is 4.79 Å². The molecule has 0 aromatic rings. The highest BCUT2D eigenvalue weighted by Crippen LogP contribution is 2.34. The van der Waals surface area contributed by atoms with Crippen molar-refractivity contribution in [3.63, 3.8) is 0 Å². The van der Waals surface area contributed by atoms with E-state index in [2.05, 4.69) is 20.3 Å². The lowest BCUT2D eigenvalue weighted by Gasteiger charge is -2.15. The lowest BCUT2D eigenvalue weighted by atomic mass is 10.3. The van der Waals surface area contributed by atoms with Gasteiger partial charge in [-0.05, 0) is 13.3 Å². The smallest absolute Gasteiger partial charge is 0.323 e. The van der Waals surface area contributed by atoms with Gasteiger partial charge in [0.05, 0.1) is 6.21 Å². The minimum Gasteiger partial charge on any atom is -0.323 e. The van der Waals surface area contributed by atoms with Crippen LogP contribution >= 0.6 is 11.8 Å². The third-order valence-electron chi connectivity index (χ3n) is 1.85. The summed E-state index contributed by atoms with van der Waals surface area (Å²) >= 11 is 1.49. The van der Waals surface area contributed by atoms with Crippen molar-refractivity contribution in [3.8, 4) is 0 Å². The zero-order valence-electron chi connectivity index (χ0n) is 8.40. The maximum atomic E-state index is 10.7. The Balaban J connectivity index is 2.51. The van der Waals surface area contributed by atoms with Gasteiger partial charge in [0.15, 0.2) is 5.04 Å². The second-order valence-corrected chi connectivity index (χ2v) is 4.45. The van der Waals surface area contributed by atoms with Gasteiger partial charge in [0.25, 0.3) is 0 Å². The molecule has 0 aromatic carbocycles. The van der Waals surface area contributed by atoms with E-state index in [9.17, 15) is 4.79 Å². The first-order chi connectivity index (χ1) is 6.59. The minimum atomic E-state index is -0.573.